The summed E-state index contributed by atoms with van der Waals surface area (Å²) >= 11 is 1.64. The van der Waals surface area contributed by atoms with Gasteiger partial charge in [0.2, 0.25) is 0 Å². The number of hydrogen-bond donors (Lipinski definition) is 3. The average molecular weight is 386 g/mol. The quantitative estimate of drug-likeness (QED) is 0.436. The van der Waals surface area contributed by atoms with E-state index < -0.39 is 11.9 Å². The molecule has 7 nitrogen and oxygen atoms in total. The molecule has 0 aliphatic rings. The zero-order valence-electron chi connectivity index (χ0n) is 14.3. The van der Waals surface area contributed by atoms with Gasteiger partial charge in [0.25, 0.3) is 0 Å². The Hall–Kier alpha value is -3.23. The van der Waals surface area contributed by atoms with Gasteiger partial charge in [0, 0.05) is 34.5 Å². The molecule has 0 amide bonds. The van der Waals surface area contributed by atoms with Crippen molar-refractivity contribution in [3.8, 4) is 11.3 Å². The van der Waals surface area contributed by atoms with Gasteiger partial charge in [-0.1, -0.05) is 23.4 Å². The van der Waals surface area contributed by atoms with Crippen LogP contribution in [0.3, 0.4) is 0 Å². The number of hydrogen-bond acceptors (Lipinski definition) is 6. The summed E-state index contributed by atoms with van der Waals surface area (Å²) in [6.07, 6.45) is 2.05. The van der Waals surface area contributed by atoms with Crippen molar-refractivity contribution in [2.75, 3.05) is 0 Å². The summed E-state index contributed by atoms with van der Waals surface area (Å²) in [5.41, 5.74) is 9.41. The van der Waals surface area contributed by atoms with Crippen molar-refractivity contribution in [2.45, 2.75) is 13.0 Å². The molecule has 0 spiro atoms. The zero-order valence-corrected chi connectivity index (χ0v) is 15.1. The highest BCUT2D eigenvalue weighted by molar-refractivity contribution is 7.08. The molecule has 2 heterocycles. The zero-order chi connectivity index (χ0) is 19.8. The summed E-state index contributed by atoms with van der Waals surface area (Å²) < 4.78 is 5.29. The second kappa shape index (κ2) is 9.46. The van der Waals surface area contributed by atoms with Crippen molar-refractivity contribution < 1.29 is 24.3 Å². The van der Waals surface area contributed by atoms with Gasteiger partial charge in [-0.2, -0.15) is 11.3 Å². The third-order valence-corrected chi connectivity index (χ3v) is 4.32. The number of fused-ring (bicyclic) bond motifs is 1. The number of thiophene rings is 1. The molecule has 3 rings (SSSR count). The average Bonchev–Trinajstić information content (AvgIpc) is 3.27. The Morgan fingerprint density at radius 3 is 2.63 bits per heavy atom. The number of nitrogens with two attached hydrogens (primary N) is 1. The fraction of sp³-hybridized carbons (Fsp3) is 0.105. The van der Waals surface area contributed by atoms with Gasteiger partial charge in [0.05, 0.1) is 0 Å². The summed E-state index contributed by atoms with van der Waals surface area (Å²) in [4.78, 5) is 20.3. The van der Waals surface area contributed by atoms with Gasteiger partial charge in [-0.3, -0.25) is 0 Å². The smallest absolute Gasteiger partial charge is 0.332 e. The minimum absolute atomic E-state index is 0.0572. The van der Waals surface area contributed by atoms with Crippen molar-refractivity contribution in [1.29, 1.82) is 0 Å². The summed E-state index contributed by atoms with van der Waals surface area (Å²) in [6, 6.07) is 7.85. The van der Waals surface area contributed by atoms with Crippen molar-refractivity contribution in [3.05, 3.63) is 64.9 Å². The minimum Gasteiger partial charge on any atom is -0.478 e. The molecule has 0 aliphatic carbocycles. The number of carbonyl (C=O) groups is 2. The molecule has 0 fully saturated rings. The Bertz CT molecular complexity index is 987. The Kier molecular flexibility index (Phi) is 7.04. The molecule has 4 N–H and O–H groups in total. The first-order valence-electron chi connectivity index (χ1n) is 7.85. The molecule has 0 aliphatic heterocycles. The molecule has 0 saturated carbocycles. The minimum atomic E-state index is -1.26. The molecule has 140 valence electrons. The maximum atomic E-state index is 10.2. The lowest BCUT2D eigenvalue weighted by Crippen LogP contribution is -2.02. The van der Waals surface area contributed by atoms with E-state index in [-0.39, 0.29) is 12.0 Å². The third kappa shape index (κ3) is 5.13. The van der Waals surface area contributed by atoms with Crippen LogP contribution in [0.2, 0.25) is 0 Å². The normalized spacial score (nSPS) is 10.9. The number of rotatable bonds is 6. The predicted molar refractivity (Wildman–Crippen MR) is 103 cm³/mol. The Morgan fingerprint density at radius 2 is 2.00 bits per heavy atom. The first kappa shape index (κ1) is 20.1. The second-order valence-corrected chi connectivity index (χ2v) is 6.09. The Morgan fingerprint density at radius 1 is 1.26 bits per heavy atom. The maximum absolute atomic E-state index is 10.2. The van der Waals surface area contributed by atoms with Crippen LogP contribution in [0.1, 0.15) is 12.0 Å². The summed E-state index contributed by atoms with van der Waals surface area (Å²) in [5, 5.41) is 25.8. The van der Waals surface area contributed by atoms with Crippen LogP contribution >= 0.6 is 11.3 Å². The van der Waals surface area contributed by atoms with Crippen molar-refractivity contribution in [3.63, 3.8) is 0 Å². The van der Waals surface area contributed by atoms with E-state index in [4.69, 9.17) is 20.5 Å². The topological polar surface area (TPSA) is 127 Å². The standard InChI is InChI=1S/C12H10N2OS.C7H8O4/c13-5-8-6-16-7-10(8)12-9-3-1-2-4-11(9)15-14-12;1-2-3-5(7(10)11)4-6(8)9/h1-4,6-7H,5,13H2;2,4H,1,3H2,(H,8,9)(H,10,11)/b;5-4+. The number of carboxylic acid groups (broad SMARTS) is 2. The van der Waals surface area contributed by atoms with Crippen molar-refractivity contribution in [2.24, 2.45) is 5.73 Å². The first-order valence-corrected chi connectivity index (χ1v) is 8.79. The van der Waals surface area contributed by atoms with Crippen molar-refractivity contribution in [1.82, 2.24) is 5.16 Å². The van der Waals surface area contributed by atoms with E-state index in [1.54, 1.807) is 11.3 Å². The van der Waals surface area contributed by atoms with Gasteiger partial charge in [-0.05, 0) is 29.5 Å². The SMILES string of the molecule is C=CC/C(=C\C(=O)O)C(=O)O.NCc1cscc1-c1noc2ccccc12. The molecule has 0 atom stereocenters. The number of para-hydroxylation sites is 1. The second-order valence-electron chi connectivity index (χ2n) is 5.35. The largest absolute Gasteiger partial charge is 0.478 e. The molecule has 0 saturated heterocycles. The molecule has 1 aromatic carbocycles. The van der Waals surface area contributed by atoms with E-state index in [9.17, 15) is 9.59 Å². The first-order chi connectivity index (χ1) is 13.0. The van der Waals surface area contributed by atoms with E-state index in [1.165, 1.54) is 6.08 Å². The highest BCUT2D eigenvalue weighted by Gasteiger charge is 2.13. The van der Waals surface area contributed by atoms with Gasteiger partial charge in [-0.15, -0.1) is 6.58 Å². The highest BCUT2D eigenvalue weighted by Crippen LogP contribution is 2.32. The molecule has 27 heavy (non-hydrogen) atoms. The summed E-state index contributed by atoms with van der Waals surface area (Å²) in [7, 11) is 0. The molecule has 0 bridgehead atoms. The van der Waals surface area contributed by atoms with E-state index in [0.29, 0.717) is 12.6 Å². The molecule has 0 radical (unpaired) electrons. The summed E-state index contributed by atoms with van der Waals surface area (Å²) in [5.74, 6) is -2.49. The lowest BCUT2D eigenvalue weighted by atomic mass is 10.1. The molecular weight excluding hydrogens is 368 g/mol. The van der Waals surface area contributed by atoms with Crippen LogP contribution in [0.4, 0.5) is 0 Å². The van der Waals surface area contributed by atoms with Crippen LogP contribution in [0.5, 0.6) is 0 Å². The van der Waals surface area contributed by atoms with E-state index in [1.807, 2.05) is 24.3 Å². The molecule has 2 aromatic heterocycles. The third-order valence-electron chi connectivity index (χ3n) is 3.53. The number of allylic oxidation sites excluding steroid dienone is 1. The fourth-order valence-electron chi connectivity index (χ4n) is 2.28. The Balaban J connectivity index is 0.000000211. The van der Waals surface area contributed by atoms with Gasteiger partial charge in [0.15, 0.2) is 5.58 Å². The number of carboxylic acids is 2. The molecule has 3 aromatic rings. The van der Waals surface area contributed by atoms with E-state index in [0.717, 1.165) is 27.8 Å². The molecule has 0 unspecified atom stereocenters. The molecule has 8 heteroatoms. The highest BCUT2D eigenvalue weighted by atomic mass is 32.1. The summed E-state index contributed by atoms with van der Waals surface area (Å²) in [6.45, 7) is 3.82. The lowest BCUT2D eigenvalue weighted by molar-refractivity contribution is -0.135. The number of aromatic nitrogens is 1. The lowest BCUT2D eigenvalue weighted by Gasteiger charge is -1.96. The van der Waals surface area contributed by atoms with Crippen LogP contribution < -0.4 is 5.73 Å². The van der Waals surface area contributed by atoms with Crippen LogP contribution in [0.15, 0.2) is 63.9 Å². The van der Waals surface area contributed by atoms with Crippen LogP contribution in [0, 0.1) is 0 Å². The number of benzene rings is 1. The van der Waals surface area contributed by atoms with Gasteiger partial charge in [0.1, 0.15) is 5.69 Å². The van der Waals surface area contributed by atoms with Crippen LogP contribution in [0.25, 0.3) is 22.2 Å². The Labute approximate surface area is 159 Å². The fourth-order valence-corrected chi connectivity index (χ4v) is 3.14. The molecular formula is C19H18N2O5S. The number of nitrogens with zero attached hydrogens (tertiary/aromatic N) is 1. The van der Waals surface area contributed by atoms with Crippen LogP contribution in [-0.2, 0) is 16.1 Å². The van der Waals surface area contributed by atoms with Gasteiger partial charge >= 0.3 is 11.9 Å². The van der Waals surface area contributed by atoms with Gasteiger partial charge < -0.3 is 20.5 Å². The predicted octanol–water partition coefficient (Wildman–Crippen LogP) is 3.67. The van der Waals surface area contributed by atoms with E-state index in [2.05, 4.69) is 22.5 Å². The maximum Gasteiger partial charge on any atom is 0.332 e. The monoisotopic (exact) mass is 386 g/mol. The van der Waals surface area contributed by atoms with Crippen LogP contribution in [-0.4, -0.2) is 27.3 Å². The van der Waals surface area contributed by atoms with Gasteiger partial charge in [-0.25, -0.2) is 9.59 Å². The van der Waals surface area contributed by atoms with Crippen molar-refractivity contribution >= 4 is 34.2 Å². The number of aliphatic carboxylic acids is 2. The van der Waals surface area contributed by atoms with E-state index >= 15 is 0 Å².